The van der Waals surface area contributed by atoms with Crippen LogP contribution in [0.25, 0.3) is 0 Å². The highest BCUT2D eigenvalue weighted by Crippen LogP contribution is 2.28. The van der Waals surface area contributed by atoms with Crippen LogP contribution < -0.4 is 20.2 Å². The summed E-state index contributed by atoms with van der Waals surface area (Å²) in [6, 6.07) is 36.7. The van der Waals surface area contributed by atoms with Crippen molar-refractivity contribution in [3.05, 3.63) is 120 Å². The lowest BCUT2D eigenvalue weighted by molar-refractivity contribution is -0.502. The molecule has 0 N–H and O–H groups in total. The van der Waals surface area contributed by atoms with Crippen LogP contribution in [0, 0.1) is 0 Å². The lowest BCUT2D eigenvalue weighted by Crippen LogP contribution is -2.70. The lowest BCUT2D eigenvalue weighted by Gasteiger charge is -2.43. The summed E-state index contributed by atoms with van der Waals surface area (Å²) in [7, 11) is 0. The smallest absolute Gasteiger partial charge is 0.624 e. The molecule has 0 unspecified atom stereocenters. The Kier molecular flexibility index (Phi) is 7.28. The number of hydrogen-bond donors (Lipinski definition) is 0. The van der Waals surface area contributed by atoms with E-state index in [9.17, 15) is 0 Å². The average molecular weight is 532 g/mol. The minimum absolute atomic E-state index is 0.505. The van der Waals surface area contributed by atoms with Crippen LogP contribution in [0.2, 0.25) is 0 Å². The zero-order valence-corrected chi connectivity index (χ0v) is 23.1. The van der Waals surface area contributed by atoms with Gasteiger partial charge in [0.15, 0.2) is 13.1 Å². The Morgan fingerprint density at radius 2 is 0.900 bits per heavy atom. The molecule has 0 spiro atoms. The molecule has 202 valence electrons. The molecule has 2 atom stereocenters. The van der Waals surface area contributed by atoms with E-state index in [0.717, 1.165) is 33.6 Å². The van der Waals surface area contributed by atoms with Crippen molar-refractivity contribution >= 4 is 36.7 Å². The van der Waals surface area contributed by atoms with Gasteiger partial charge in [-0.2, -0.15) is 0 Å². The number of nitrogens with zero attached hydrogens (tertiary/aromatic N) is 2. The van der Waals surface area contributed by atoms with Crippen LogP contribution in [-0.2, 0) is 9.31 Å². The van der Waals surface area contributed by atoms with Crippen molar-refractivity contribution in [3.63, 3.8) is 0 Å². The van der Waals surface area contributed by atoms with Crippen molar-refractivity contribution in [2.45, 2.75) is 13.8 Å². The Hall–Kier alpha value is -4.13. The van der Waals surface area contributed by atoms with E-state index in [1.54, 1.807) is 0 Å². The van der Waals surface area contributed by atoms with Crippen molar-refractivity contribution in [3.8, 4) is 11.5 Å². The molecular weight excluding hydrogens is 498 g/mol. The van der Waals surface area contributed by atoms with Crippen LogP contribution in [0.3, 0.4) is 0 Å². The van der Waals surface area contributed by atoms with E-state index in [1.165, 1.54) is 0 Å². The standard InChI is InChI=1S/C32H34B2N2O4/c1-3-37-33(29-17-7-5-8-18-29)35(25-27-15-11-13-21-31(27)39-33)23-24-36-26-28-16-12-14-22-32(28)40-34(36,38-4-2)30-19-9-6-10-20-30/h5-22,25-26H,3-4,23-24H2,1-2H3/t33-,34-/m0/s1. The highest BCUT2D eigenvalue weighted by Gasteiger charge is 2.52. The van der Waals surface area contributed by atoms with Crippen molar-refractivity contribution in [2.75, 3.05) is 26.3 Å². The predicted octanol–water partition coefficient (Wildman–Crippen LogP) is 3.80. The molecular formula is C32H34B2N2O4. The van der Waals surface area contributed by atoms with Gasteiger partial charge in [0, 0.05) is 13.2 Å². The number of rotatable bonds is 9. The molecule has 0 amide bonds. The van der Waals surface area contributed by atoms with E-state index in [-0.39, 0.29) is 0 Å². The number of hydrogen-bond acceptors (Lipinski definition) is 4. The van der Waals surface area contributed by atoms with Crippen LogP contribution in [-0.4, -0.2) is 61.1 Å². The fraction of sp³-hybridized carbons (Fsp3) is 0.188. The number of benzene rings is 4. The van der Waals surface area contributed by atoms with E-state index < -0.39 is 13.4 Å². The van der Waals surface area contributed by atoms with E-state index in [0.29, 0.717) is 26.3 Å². The molecule has 6 rings (SSSR count). The molecule has 0 aliphatic carbocycles. The van der Waals surface area contributed by atoms with Gasteiger partial charge in [-0.15, -0.1) is 0 Å². The maximum atomic E-state index is 6.79. The molecule has 8 heteroatoms. The molecule has 0 radical (unpaired) electrons. The fourth-order valence-corrected chi connectivity index (χ4v) is 5.94. The summed E-state index contributed by atoms with van der Waals surface area (Å²) in [5.74, 6) is 1.63. The van der Waals surface area contributed by atoms with E-state index in [2.05, 4.69) is 57.8 Å². The second-order valence-electron chi connectivity index (χ2n) is 10.1. The zero-order chi connectivity index (χ0) is 27.4. The molecule has 40 heavy (non-hydrogen) atoms. The third-order valence-corrected chi connectivity index (χ3v) is 7.74. The summed E-state index contributed by atoms with van der Waals surface area (Å²) in [5, 5.41) is 0. The lowest BCUT2D eigenvalue weighted by atomic mass is 9.60. The molecule has 2 aliphatic heterocycles. The van der Waals surface area contributed by atoms with Crippen LogP contribution in [0.5, 0.6) is 11.5 Å². The minimum Gasteiger partial charge on any atom is -0.630 e. The highest BCUT2D eigenvalue weighted by atomic mass is 16.6. The second kappa shape index (κ2) is 11.2. The first kappa shape index (κ1) is 26.1. The topological polar surface area (TPSA) is 42.9 Å². The first-order valence-electron chi connectivity index (χ1n) is 14.1. The van der Waals surface area contributed by atoms with Crippen LogP contribution in [0.1, 0.15) is 25.0 Å². The summed E-state index contributed by atoms with van der Waals surface area (Å²) < 4.78 is 31.1. The normalized spacial score (nSPS) is 21.2. The molecule has 0 saturated heterocycles. The van der Waals surface area contributed by atoms with Crippen molar-refractivity contribution in [1.29, 1.82) is 0 Å². The minimum atomic E-state index is -2.00. The van der Waals surface area contributed by atoms with Crippen LogP contribution in [0.15, 0.2) is 109 Å². The Labute approximate surface area is 236 Å². The van der Waals surface area contributed by atoms with Gasteiger partial charge in [-0.05, 0) is 38.1 Å². The molecule has 0 saturated carbocycles. The molecule has 4 aromatic rings. The van der Waals surface area contributed by atoms with Gasteiger partial charge < -0.3 is 27.6 Å². The molecule has 2 heterocycles. The van der Waals surface area contributed by atoms with Crippen LogP contribution in [0.4, 0.5) is 0 Å². The number of fused-ring (bicyclic) bond motifs is 2. The van der Waals surface area contributed by atoms with Crippen molar-refractivity contribution in [1.82, 2.24) is 0 Å². The predicted molar refractivity (Wildman–Crippen MR) is 162 cm³/mol. The van der Waals surface area contributed by atoms with E-state index in [1.807, 2.05) is 86.6 Å². The Morgan fingerprint density at radius 3 is 1.30 bits per heavy atom. The summed E-state index contributed by atoms with van der Waals surface area (Å²) in [5.41, 5.74) is 4.02. The number of para-hydroxylation sites is 2. The Bertz CT molecular complexity index is 1430. The first-order valence-corrected chi connectivity index (χ1v) is 14.1. The monoisotopic (exact) mass is 532 g/mol. The van der Waals surface area contributed by atoms with Gasteiger partial charge in [-0.3, -0.25) is 0 Å². The van der Waals surface area contributed by atoms with Gasteiger partial charge in [-0.1, -0.05) is 95.9 Å². The van der Waals surface area contributed by atoms with Crippen LogP contribution >= 0.6 is 0 Å². The van der Waals surface area contributed by atoms with Gasteiger partial charge in [0.05, 0.1) is 22.6 Å². The molecule has 0 bridgehead atoms. The quantitative estimate of drug-likeness (QED) is 0.308. The first-order chi connectivity index (χ1) is 19.7. The zero-order valence-electron chi connectivity index (χ0n) is 23.1. The summed E-state index contributed by atoms with van der Waals surface area (Å²) in [4.78, 5) is 0. The summed E-state index contributed by atoms with van der Waals surface area (Å²) >= 11 is 0. The largest absolute Gasteiger partial charge is 0.630 e. The fourth-order valence-electron chi connectivity index (χ4n) is 5.94. The van der Waals surface area contributed by atoms with Gasteiger partial charge in [0.25, 0.3) is 0 Å². The van der Waals surface area contributed by atoms with Crippen molar-refractivity contribution in [2.24, 2.45) is 0 Å². The molecule has 4 aromatic carbocycles. The molecule has 0 aromatic heterocycles. The third-order valence-electron chi connectivity index (χ3n) is 7.74. The highest BCUT2D eigenvalue weighted by molar-refractivity contribution is 6.76. The Balaban J connectivity index is 1.45. The van der Waals surface area contributed by atoms with Gasteiger partial charge in [0.1, 0.15) is 12.4 Å². The van der Waals surface area contributed by atoms with Gasteiger partial charge in [0.2, 0.25) is 0 Å². The molecule has 6 nitrogen and oxygen atoms in total. The van der Waals surface area contributed by atoms with Crippen molar-refractivity contribution < 1.29 is 27.6 Å². The SMILES string of the molecule is CCO[B@@-]1(c2ccccc2)Oc2ccccc2C=[N+]1CC[N+]1=Cc2ccccc2O[B@@-]1(OCC)c1ccccc1. The third kappa shape index (κ3) is 4.63. The average Bonchev–Trinajstić information content (AvgIpc) is 3.01. The van der Waals surface area contributed by atoms with E-state index >= 15 is 0 Å². The Morgan fingerprint density at radius 1 is 0.525 bits per heavy atom. The van der Waals surface area contributed by atoms with E-state index in [4.69, 9.17) is 18.6 Å². The van der Waals surface area contributed by atoms with Gasteiger partial charge in [-0.25, -0.2) is 0 Å². The summed E-state index contributed by atoms with van der Waals surface area (Å²) in [6.07, 6.45) is 4.33. The van der Waals surface area contributed by atoms with Gasteiger partial charge >= 0.3 is 13.4 Å². The maximum Gasteiger partial charge on any atom is 0.624 e. The molecule has 2 aliphatic rings. The molecule has 0 fully saturated rings. The second-order valence-corrected chi connectivity index (χ2v) is 10.1. The maximum absolute atomic E-state index is 6.79. The summed E-state index contributed by atoms with van der Waals surface area (Å²) in [6.45, 7) is 2.24.